The second-order valence-electron chi connectivity index (χ2n) is 3.47. The van der Waals surface area contributed by atoms with Gasteiger partial charge in [0, 0.05) is 20.1 Å². The number of hydrogen-bond donors (Lipinski definition) is 1. The molecule has 0 atom stereocenters. The van der Waals surface area contributed by atoms with Crippen LogP contribution < -0.4 is 5.32 Å². The van der Waals surface area contributed by atoms with Gasteiger partial charge in [-0.3, -0.25) is 4.99 Å². The Hall–Kier alpha value is -1.51. The van der Waals surface area contributed by atoms with E-state index in [1.807, 2.05) is 6.07 Å². The van der Waals surface area contributed by atoms with Crippen LogP contribution in [-0.4, -0.2) is 31.0 Å². The lowest BCUT2D eigenvalue weighted by Gasteiger charge is -2.15. The molecule has 14 heavy (non-hydrogen) atoms. The van der Waals surface area contributed by atoms with Crippen LogP contribution in [0.5, 0.6) is 0 Å². The van der Waals surface area contributed by atoms with Crippen molar-refractivity contribution in [3.63, 3.8) is 0 Å². The summed E-state index contributed by atoms with van der Waals surface area (Å²) < 4.78 is 0. The fourth-order valence-corrected chi connectivity index (χ4v) is 1.50. The largest absolute Gasteiger partial charge is 0.352 e. The van der Waals surface area contributed by atoms with Crippen molar-refractivity contribution in [1.29, 1.82) is 0 Å². The molecule has 1 aliphatic heterocycles. The Morgan fingerprint density at radius 3 is 2.79 bits per heavy atom. The quantitative estimate of drug-likeness (QED) is 0.754. The Balaban J connectivity index is 1.89. The smallest absolute Gasteiger partial charge is 0.194 e. The second kappa shape index (κ2) is 4.13. The molecule has 0 bridgehead atoms. The predicted octanol–water partition coefficient (Wildman–Crippen LogP) is 1.08. The van der Waals surface area contributed by atoms with Crippen molar-refractivity contribution in [2.24, 2.45) is 4.99 Å². The summed E-state index contributed by atoms with van der Waals surface area (Å²) in [4.78, 5) is 6.51. The second-order valence-corrected chi connectivity index (χ2v) is 3.47. The lowest BCUT2D eigenvalue weighted by atomic mass is 10.2. The van der Waals surface area contributed by atoms with Gasteiger partial charge in [0.15, 0.2) is 5.96 Å². The van der Waals surface area contributed by atoms with E-state index in [4.69, 9.17) is 0 Å². The van der Waals surface area contributed by atoms with Gasteiger partial charge in [0.25, 0.3) is 0 Å². The molecule has 1 heterocycles. The van der Waals surface area contributed by atoms with E-state index < -0.39 is 0 Å². The van der Waals surface area contributed by atoms with Crippen LogP contribution >= 0.6 is 0 Å². The SMILES string of the molecule is CN1CCN=C1NCc1ccccc1. The number of rotatable bonds is 2. The first-order chi connectivity index (χ1) is 6.86. The third kappa shape index (κ3) is 2.05. The van der Waals surface area contributed by atoms with E-state index in [9.17, 15) is 0 Å². The van der Waals surface area contributed by atoms with Gasteiger partial charge in [-0.2, -0.15) is 0 Å². The van der Waals surface area contributed by atoms with E-state index in [0.29, 0.717) is 0 Å². The summed E-state index contributed by atoms with van der Waals surface area (Å²) in [6.07, 6.45) is 0. The van der Waals surface area contributed by atoms with Crippen LogP contribution in [0.25, 0.3) is 0 Å². The zero-order valence-electron chi connectivity index (χ0n) is 8.40. The number of benzene rings is 1. The molecule has 0 aliphatic carbocycles. The summed E-state index contributed by atoms with van der Waals surface area (Å²) in [7, 11) is 2.06. The number of guanidine groups is 1. The molecule has 3 nitrogen and oxygen atoms in total. The molecular weight excluding hydrogens is 174 g/mol. The molecule has 0 spiro atoms. The minimum atomic E-state index is 0.851. The van der Waals surface area contributed by atoms with Gasteiger partial charge in [-0.05, 0) is 5.56 Å². The van der Waals surface area contributed by atoms with Gasteiger partial charge < -0.3 is 10.2 Å². The molecule has 2 rings (SSSR count). The van der Waals surface area contributed by atoms with Crippen molar-refractivity contribution >= 4 is 5.96 Å². The van der Waals surface area contributed by atoms with Crippen molar-refractivity contribution in [2.75, 3.05) is 20.1 Å². The molecule has 0 aromatic heterocycles. The fraction of sp³-hybridized carbons (Fsp3) is 0.364. The van der Waals surface area contributed by atoms with Crippen LogP contribution in [0.1, 0.15) is 5.56 Å². The summed E-state index contributed by atoms with van der Waals surface area (Å²) >= 11 is 0. The Kier molecular flexibility index (Phi) is 2.68. The van der Waals surface area contributed by atoms with Crippen molar-refractivity contribution < 1.29 is 0 Å². The van der Waals surface area contributed by atoms with Crippen LogP contribution in [0.15, 0.2) is 35.3 Å². The van der Waals surface area contributed by atoms with Gasteiger partial charge in [-0.1, -0.05) is 30.3 Å². The highest BCUT2D eigenvalue weighted by Gasteiger charge is 2.10. The zero-order chi connectivity index (χ0) is 9.80. The molecule has 0 saturated heterocycles. The normalized spacial score (nSPS) is 15.5. The molecule has 0 saturated carbocycles. The first-order valence-electron chi connectivity index (χ1n) is 4.89. The maximum Gasteiger partial charge on any atom is 0.194 e. The molecule has 1 aliphatic rings. The number of nitrogens with zero attached hydrogens (tertiary/aromatic N) is 2. The highest BCUT2D eigenvalue weighted by molar-refractivity contribution is 5.81. The summed E-state index contributed by atoms with van der Waals surface area (Å²) in [5.41, 5.74) is 1.29. The van der Waals surface area contributed by atoms with Crippen molar-refractivity contribution in [2.45, 2.75) is 6.54 Å². The molecule has 74 valence electrons. The lowest BCUT2D eigenvalue weighted by molar-refractivity contribution is 0.534. The van der Waals surface area contributed by atoms with E-state index >= 15 is 0 Å². The average Bonchev–Trinajstić information content (AvgIpc) is 2.63. The van der Waals surface area contributed by atoms with Gasteiger partial charge in [0.05, 0.1) is 6.54 Å². The Bertz CT molecular complexity index is 319. The maximum absolute atomic E-state index is 4.36. The molecule has 3 heteroatoms. The van der Waals surface area contributed by atoms with Crippen LogP contribution in [0.3, 0.4) is 0 Å². The number of nitrogens with one attached hydrogen (secondary N) is 1. The third-order valence-corrected chi connectivity index (χ3v) is 2.35. The molecule has 0 amide bonds. The Morgan fingerprint density at radius 2 is 2.14 bits per heavy atom. The highest BCUT2D eigenvalue weighted by atomic mass is 15.3. The molecule has 1 N–H and O–H groups in total. The first kappa shape index (κ1) is 9.06. The van der Waals surface area contributed by atoms with Crippen LogP contribution in [0, 0.1) is 0 Å². The Morgan fingerprint density at radius 1 is 1.36 bits per heavy atom. The zero-order valence-corrected chi connectivity index (χ0v) is 8.40. The van der Waals surface area contributed by atoms with Crippen LogP contribution in [0.2, 0.25) is 0 Å². The van der Waals surface area contributed by atoms with Crippen molar-refractivity contribution in [1.82, 2.24) is 10.2 Å². The van der Waals surface area contributed by atoms with E-state index in [0.717, 1.165) is 25.6 Å². The summed E-state index contributed by atoms with van der Waals surface area (Å²) in [6, 6.07) is 10.4. The Labute approximate surface area is 84.5 Å². The monoisotopic (exact) mass is 189 g/mol. The van der Waals surface area contributed by atoms with Crippen molar-refractivity contribution in [3.05, 3.63) is 35.9 Å². The molecule has 0 unspecified atom stereocenters. The molecule has 1 aromatic rings. The molecule has 0 fully saturated rings. The van der Waals surface area contributed by atoms with Gasteiger partial charge in [-0.15, -0.1) is 0 Å². The number of aliphatic imine (C=N–C) groups is 1. The van der Waals surface area contributed by atoms with E-state index in [1.165, 1.54) is 5.56 Å². The van der Waals surface area contributed by atoms with Gasteiger partial charge >= 0.3 is 0 Å². The van der Waals surface area contributed by atoms with Gasteiger partial charge in [-0.25, -0.2) is 0 Å². The molecule has 0 radical (unpaired) electrons. The average molecular weight is 189 g/mol. The van der Waals surface area contributed by atoms with E-state index in [2.05, 4.69) is 46.5 Å². The third-order valence-electron chi connectivity index (χ3n) is 2.35. The summed E-state index contributed by atoms with van der Waals surface area (Å²) in [5, 5.41) is 3.32. The number of hydrogen-bond acceptors (Lipinski definition) is 3. The standard InChI is InChI=1S/C11H15N3/c1-14-8-7-12-11(14)13-9-10-5-3-2-4-6-10/h2-6H,7-9H2,1H3,(H,12,13). The fourth-order valence-electron chi connectivity index (χ4n) is 1.50. The van der Waals surface area contributed by atoms with Gasteiger partial charge in [0.2, 0.25) is 0 Å². The predicted molar refractivity (Wildman–Crippen MR) is 58.2 cm³/mol. The van der Waals surface area contributed by atoms with Crippen LogP contribution in [-0.2, 0) is 6.54 Å². The van der Waals surface area contributed by atoms with E-state index in [-0.39, 0.29) is 0 Å². The topological polar surface area (TPSA) is 27.6 Å². The van der Waals surface area contributed by atoms with Crippen LogP contribution in [0.4, 0.5) is 0 Å². The highest BCUT2D eigenvalue weighted by Crippen LogP contribution is 2.00. The minimum Gasteiger partial charge on any atom is -0.352 e. The maximum atomic E-state index is 4.36. The number of likely N-dealkylation sites (N-methyl/N-ethyl adjacent to an activating group) is 1. The van der Waals surface area contributed by atoms with Crippen molar-refractivity contribution in [3.8, 4) is 0 Å². The summed E-state index contributed by atoms with van der Waals surface area (Å²) in [5.74, 6) is 1.01. The molecule has 1 aromatic carbocycles. The lowest BCUT2D eigenvalue weighted by Crippen LogP contribution is -2.35. The first-order valence-corrected chi connectivity index (χ1v) is 4.89. The van der Waals surface area contributed by atoms with Gasteiger partial charge in [0.1, 0.15) is 0 Å². The minimum absolute atomic E-state index is 0.851. The van der Waals surface area contributed by atoms with E-state index in [1.54, 1.807) is 0 Å². The summed E-state index contributed by atoms with van der Waals surface area (Å²) in [6.45, 7) is 2.79. The molecular formula is C11H15N3.